The van der Waals surface area contributed by atoms with Gasteiger partial charge < -0.3 is 0 Å². The molecule has 0 radical (unpaired) electrons. The highest BCUT2D eigenvalue weighted by Crippen LogP contribution is 2.13. The number of sulfonamides is 1. The standard InChI is InChI=1S/C12H14N2O2S2/c1-10-4-2-3-5-12(10)18(15,16)14-7-6-11-8-17-9-13-11/h2-5,8-9,14H,6-7H2,1H3. The van der Waals surface area contributed by atoms with Gasteiger partial charge in [0.25, 0.3) is 0 Å². The van der Waals surface area contributed by atoms with Crippen molar-refractivity contribution in [1.82, 2.24) is 9.71 Å². The van der Waals surface area contributed by atoms with Crippen molar-refractivity contribution in [1.29, 1.82) is 0 Å². The third kappa shape index (κ3) is 3.16. The summed E-state index contributed by atoms with van der Waals surface area (Å²) in [5, 5.41) is 1.92. The molecule has 0 saturated heterocycles. The van der Waals surface area contributed by atoms with Crippen LogP contribution >= 0.6 is 11.3 Å². The van der Waals surface area contributed by atoms with E-state index in [1.165, 1.54) is 11.3 Å². The monoisotopic (exact) mass is 282 g/mol. The Bertz CT molecular complexity index is 607. The van der Waals surface area contributed by atoms with Crippen LogP contribution in [0.15, 0.2) is 40.1 Å². The lowest BCUT2D eigenvalue weighted by Gasteiger charge is -2.08. The van der Waals surface area contributed by atoms with Crippen LogP contribution in [0.1, 0.15) is 11.3 Å². The second kappa shape index (κ2) is 5.60. The van der Waals surface area contributed by atoms with Gasteiger partial charge in [0, 0.05) is 18.3 Å². The zero-order valence-corrected chi connectivity index (χ0v) is 11.6. The highest BCUT2D eigenvalue weighted by atomic mass is 32.2. The first kappa shape index (κ1) is 13.2. The Hall–Kier alpha value is -1.24. The highest BCUT2D eigenvalue weighted by molar-refractivity contribution is 7.89. The number of nitrogens with zero attached hydrogens (tertiary/aromatic N) is 1. The summed E-state index contributed by atoms with van der Waals surface area (Å²) in [6.07, 6.45) is 0.606. The average molecular weight is 282 g/mol. The maximum atomic E-state index is 12.1. The van der Waals surface area contributed by atoms with Gasteiger partial charge in [-0.25, -0.2) is 18.1 Å². The Morgan fingerprint density at radius 1 is 1.33 bits per heavy atom. The Morgan fingerprint density at radius 3 is 2.78 bits per heavy atom. The highest BCUT2D eigenvalue weighted by Gasteiger charge is 2.15. The van der Waals surface area contributed by atoms with Gasteiger partial charge in [0.1, 0.15) is 0 Å². The molecule has 0 aliphatic rings. The minimum Gasteiger partial charge on any atom is -0.250 e. The first-order valence-electron chi connectivity index (χ1n) is 5.52. The Kier molecular flexibility index (Phi) is 4.11. The topological polar surface area (TPSA) is 59.1 Å². The van der Waals surface area contributed by atoms with Crippen LogP contribution in [0.5, 0.6) is 0 Å². The number of hydrogen-bond donors (Lipinski definition) is 1. The fraction of sp³-hybridized carbons (Fsp3) is 0.250. The van der Waals surface area contributed by atoms with E-state index in [4.69, 9.17) is 0 Å². The van der Waals surface area contributed by atoms with E-state index >= 15 is 0 Å². The molecule has 2 aromatic rings. The largest absolute Gasteiger partial charge is 0.250 e. The lowest BCUT2D eigenvalue weighted by molar-refractivity contribution is 0.581. The molecule has 0 fully saturated rings. The van der Waals surface area contributed by atoms with E-state index < -0.39 is 10.0 Å². The summed E-state index contributed by atoms with van der Waals surface area (Å²) in [4.78, 5) is 4.45. The SMILES string of the molecule is Cc1ccccc1S(=O)(=O)NCCc1cscn1. The summed E-state index contributed by atoms with van der Waals surface area (Å²) in [5.74, 6) is 0. The van der Waals surface area contributed by atoms with Crippen molar-refractivity contribution in [2.45, 2.75) is 18.2 Å². The molecule has 0 unspecified atom stereocenters. The number of hydrogen-bond acceptors (Lipinski definition) is 4. The molecule has 0 aliphatic heterocycles. The molecule has 0 atom stereocenters. The van der Waals surface area contributed by atoms with Gasteiger partial charge in [0.15, 0.2) is 0 Å². The molecule has 4 nitrogen and oxygen atoms in total. The van der Waals surface area contributed by atoms with Crippen LogP contribution in [0.3, 0.4) is 0 Å². The lowest BCUT2D eigenvalue weighted by atomic mass is 10.2. The smallest absolute Gasteiger partial charge is 0.240 e. The van der Waals surface area contributed by atoms with E-state index in [-0.39, 0.29) is 0 Å². The molecule has 18 heavy (non-hydrogen) atoms. The van der Waals surface area contributed by atoms with Crippen molar-refractivity contribution < 1.29 is 8.42 Å². The fourth-order valence-corrected chi connectivity index (χ4v) is 3.48. The van der Waals surface area contributed by atoms with E-state index in [9.17, 15) is 8.42 Å². The fourth-order valence-electron chi connectivity index (χ4n) is 1.61. The molecule has 0 saturated carbocycles. The molecule has 0 amide bonds. The van der Waals surface area contributed by atoms with Gasteiger partial charge in [-0.2, -0.15) is 0 Å². The summed E-state index contributed by atoms with van der Waals surface area (Å²) in [6, 6.07) is 6.95. The summed E-state index contributed by atoms with van der Waals surface area (Å²) < 4.78 is 26.7. The van der Waals surface area contributed by atoms with Crippen molar-refractivity contribution in [3.63, 3.8) is 0 Å². The summed E-state index contributed by atoms with van der Waals surface area (Å²) >= 11 is 1.51. The van der Waals surface area contributed by atoms with E-state index in [1.54, 1.807) is 30.6 Å². The third-order valence-corrected chi connectivity index (χ3v) is 4.80. The molecule has 0 bridgehead atoms. The average Bonchev–Trinajstić information content (AvgIpc) is 2.82. The van der Waals surface area contributed by atoms with Crippen molar-refractivity contribution in [2.75, 3.05) is 6.54 Å². The Morgan fingerprint density at radius 2 is 2.11 bits per heavy atom. The zero-order valence-electron chi connectivity index (χ0n) is 9.96. The molecular weight excluding hydrogens is 268 g/mol. The normalized spacial score (nSPS) is 11.6. The van der Waals surface area contributed by atoms with Crippen LogP contribution in [0, 0.1) is 6.92 Å². The lowest BCUT2D eigenvalue weighted by Crippen LogP contribution is -2.26. The second-order valence-corrected chi connectivity index (χ2v) is 6.35. The van der Waals surface area contributed by atoms with Crippen molar-refractivity contribution in [2.24, 2.45) is 0 Å². The summed E-state index contributed by atoms with van der Waals surface area (Å²) in [5.41, 5.74) is 3.40. The van der Waals surface area contributed by atoms with Crippen LogP contribution in [0.25, 0.3) is 0 Å². The predicted molar refractivity (Wildman–Crippen MR) is 72.2 cm³/mol. The van der Waals surface area contributed by atoms with E-state index in [2.05, 4.69) is 9.71 Å². The molecule has 1 N–H and O–H groups in total. The molecule has 1 heterocycles. The van der Waals surface area contributed by atoms with Gasteiger partial charge in [-0.15, -0.1) is 11.3 Å². The maximum absolute atomic E-state index is 12.1. The van der Waals surface area contributed by atoms with E-state index in [1.807, 2.05) is 11.4 Å². The number of benzene rings is 1. The van der Waals surface area contributed by atoms with Crippen LogP contribution in [0.2, 0.25) is 0 Å². The number of aromatic nitrogens is 1. The van der Waals surface area contributed by atoms with E-state index in [0.29, 0.717) is 17.9 Å². The molecule has 6 heteroatoms. The van der Waals surface area contributed by atoms with Gasteiger partial charge in [-0.05, 0) is 18.6 Å². The summed E-state index contributed by atoms with van der Waals surface area (Å²) in [7, 11) is -3.42. The van der Waals surface area contributed by atoms with Crippen molar-refractivity contribution in [3.8, 4) is 0 Å². The van der Waals surface area contributed by atoms with Crippen LogP contribution in [-0.2, 0) is 16.4 Å². The Balaban J connectivity index is 2.02. The van der Waals surface area contributed by atoms with E-state index in [0.717, 1.165) is 11.3 Å². The minimum absolute atomic E-state index is 0.336. The van der Waals surface area contributed by atoms with Crippen molar-refractivity contribution >= 4 is 21.4 Å². The van der Waals surface area contributed by atoms with Crippen LogP contribution < -0.4 is 4.72 Å². The van der Waals surface area contributed by atoms with Crippen LogP contribution in [-0.4, -0.2) is 19.9 Å². The van der Waals surface area contributed by atoms with Gasteiger partial charge in [-0.1, -0.05) is 18.2 Å². The first-order valence-corrected chi connectivity index (χ1v) is 7.94. The second-order valence-electron chi connectivity index (χ2n) is 3.89. The van der Waals surface area contributed by atoms with Gasteiger partial charge in [-0.3, -0.25) is 0 Å². The van der Waals surface area contributed by atoms with Crippen molar-refractivity contribution in [3.05, 3.63) is 46.4 Å². The van der Waals surface area contributed by atoms with Crippen LogP contribution in [0.4, 0.5) is 0 Å². The van der Waals surface area contributed by atoms with Gasteiger partial charge in [0.2, 0.25) is 10.0 Å². The Labute approximate surface area is 111 Å². The molecule has 0 aliphatic carbocycles. The number of aryl methyl sites for hydroxylation is 1. The first-order chi connectivity index (χ1) is 8.59. The van der Waals surface area contributed by atoms with Gasteiger partial charge in [0.05, 0.1) is 16.1 Å². The maximum Gasteiger partial charge on any atom is 0.240 e. The molecule has 1 aromatic heterocycles. The number of nitrogens with one attached hydrogen (secondary N) is 1. The van der Waals surface area contributed by atoms with Gasteiger partial charge >= 0.3 is 0 Å². The molecule has 0 spiro atoms. The quantitative estimate of drug-likeness (QED) is 0.912. The third-order valence-electron chi connectivity index (χ3n) is 2.54. The number of thiazole rings is 1. The molecule has 2 rings (SSSR count). The zero-order chi connectivity index (χ0) is 13.0. The molecule has 1 aromatic carbocycles. The predicted octanol–water partition coefficient (Wildman–Crippen LogP) is 1.97. The summed E-state index contributed by atoms with van der Waals surface area (Å²) in [6.45, 7) is 2.15. The molecular formula is C12H14N2O2S2. The molecule has 96 valence electrons. The minimum atomic E-state index is -3.42. The number of rotatable bonds is 5.